The maximum atomic E-state index is 11.6. The van der Waals surface area contributed by atoms with Gasteiger partial charge in [-0.3, -0.25) is 9.38 Å². The van der Waals surface area contributed by atoms with Gasteiger partial charge in [0.25, 0.3) is 0 Å². The Hall–Kier alpha value is -0.600. The summed E-state index contributed by atoms with van der Waals surface area (Å²) in [5.74, 6) is 1.26. The summed E-state index contributed by atoms with van der Waals surface area (Å²) in [4.78, 5) is 4.03. The van der Waals surface area contributed by atoms with Crippen molar-refractivity contribution in [2.75, 3.05) is 13.2 Å². The molecule has 0 amide bonds. The summed E-state index contributed by atoms with van der Waals surface area (Å²) >= 11 is 0. The van der Waals surface area contributed by atoms with Gasteiger partial charge in [0.05, 0.1) is 12.5 Å². The first-order chi connectivity index (χ1) is 4.84. The maximum absolute atomic E-state index is 11.6. The van der Waals surface area contributed by atoms with Gasteiger partial charge in [-0.05, 0) is 19.3 Å². The Morgan fingerprint density at radius 2 is 2.30 bits per heavy atom. The van der Waals surface area contributed by atoms with E-state index < -0.39 is 0 Å². The summed E-state index contributed by atoms with van der Waals surface area (Å²) < 4.78 is 11.6. The smallest absolute Gasteiger partial charge is 0.0968 e. The van der Waals surface area contributed by atoms with Gasteiger partial charge >= 0.3 is 0 Å². The second-order valence-electron chi connectivity index (χ2n) is 2.62. The first-order valence-electron chi connectivity index (χ1n) is 3.70. The lowest BCUT2D eigenvalue weighted by atomic mass is 10.4. The number of nitrogens with two attached hydrogens (primary N) is 1. The average molecular weight is 144 g/mol. The number of hydrogen-bond donors (Lipinski definition) is 1. The van der Waals surface area contributed by atoms with E-state index >= 15 is 0 Å². The Morgan fingerprint density at radius 1 is 1.60 bits per heavy atom. The number of aliphatic imine (C=N–C) groups is 1. The van der Waals surface area contributed by atoms with E-state index in [9.17, 15) is 4.39 Å². The highest BCUT2D eigenvalue weighted by Gasteiger charge is 2.24. The third-order valence-corrected chi connectivity index (χ3v) is 1.58. The first-order valence-corrected chi connectivity index (χ1v) is 3.70. The molecule has 58 valence electrons. The molecule has 0 aliphatic heterocycles. The van der Waals surface area contributed by atoms with E-state index in [4.69, 9.17) is 5.73 Å². The number of alkyl halides is 1. The highest BCUT2D eigenvalue weighted by molar-refractivity contribution is 5.84. The van der Waals surface area contributed by atoms with Gasteiger partial charge < -0.3 is 5.73 Å². The van der Waals surface area contributed by atoms with Gasteiger partial charge in [-0.25, -0.2) is 0 Å². The van der Waals surface area contributed by atoms with Crippen molar-refractivity contribution in [1.29, 1.82) is 0 Å². The summed E-state index contributed by atoms with van der Waals surface area (Å²) in [7, 11) is 0. The Kier molecular flexibility index (Phi) is 2.66. The monoisotopic (exact) mass is 144 g/mol. The zero-order valence-electron chi connectivity index (χ0n) is 6.02. The molecule has 1 aliphatic rings. The molecule has 10 heavy (non-hydrogen) atoms. The number of rotatable bonds is 4. The molecule has 0 aromatic rings. The molecule has 1 rings (SSSR count). The zero-order valence-corrected chi connectivity index (χ0v) is 6.02. The molecule has 0 radical (unpaired) electrons. The van der Waals surface area contributed by atoms with E-state index in [1.165, 1.54) is 12.8 Å². The molecule has 0 unspecified atom stereocenters. The van der Waals surface area contributed by atoms with Gasteiger partial charge in [-0.1, -0.05) is 0 Å². The van der Waals surface area contributed by atoms with Gasteiger partial charge in [0, 0.05) is 12.5 Å². The van der Waals surface area contributed by atoms with Crippen LogP contribution in [0.25, 0.3) is 0 Å². The lowest BCUT2D eigenvalue weighted by molar-refractivity contribution is 0.477. The highest BCUT2D eigenvalue weighted by Crippen LogP contribution is 2.28. The number of amidine groups is 1. The molecule has 0 saturated heterocycles. The van der Waals surface area contributed by atoms with Gasteiger partial charge in [-0.2, -0.15) is 0 Å². The molecular formula is C7H13FN2. The largest absolute Gasteiger partial charge is 0.387 e. The van der Waals surface area contributed by atoms with Crippen LogP contribution in [0.4, 0.5) is 4.39 Å². The van der Waals surface area contributed by atoms with Gasteiger partial charge in [0.2, 0.25) is 0 Å². The fourth-order valence-corrected chi connectivity index (χ4v) is 0.776. The molecular weight excluding hydrogens is 131 g/mol. The van der Waals surface area contributed by atoms with Gasteiger partial charge in [0.15, 0.2) is 0 Å². The molecule has 0 bridgehead atoms. The molecule has 1 saturated carbocycles. The minimum absolute atomic E-state index is 0.290. The fraction of sp³-hybridized carbons (Fsp3) is 0.857. The van der Waals surface area contributed by atoms with Crippen molar-refractivity contribution in [1.82, 2.24) is 0 Å². The Labute approximate surface area is 60.3 Å². The van der Waals surface area contributed by atoms with Gasteiger partial charge in [-0.15, -0.1) is 0 Å². The second kappa shape index (κ2) is 3.54. The van der Waals surface area contributed by atoms with Gasteiger partial charge in [0.1, 0.15) is 0 Å². The standard InChI is InChI=1S/C7H13FN2/c8-4-1-5-10-7(9)6-2-3-6/h6H,1-5H2,(H2,9,10). The lowest BCUT2D eigenvalue weighted by Crippen LogP contribution is -2.14. The van der Waals surface area contributed by atoms with Crippen molar-refractivity contribution in [3.8, 4) is 0 Å². The predicted molar refractivity (Wildman–Crippen MR) is 39.8 cm³/mol. The predicted octanol–water partition coefficient (Wildman–Crippen LogP) is 1.11. The van der Waals surface area contributed by atoms with Crippen molar-refractivity contribution in [3.63, 3.8) is 0 Å². The summed E-state index contributed by atoms with van der Waals surface area (Å²) in [6, 6.07) is 0. The van der Waals surface area contributed by atoms with Crippen molar-refractivity contribution in [3.05, 3.63) is 0 Å². The van der Waals surface area contributed by atoms with Crippen LogP contribution in [-0.2, 0) is 0 Å². The van der Waals surface area contributed by atoms with Crippen LogP contribution in [0.15, 0.2) is 4.99 Å². The van der Waals surface area contributed by atoms with E-state index in [1.54, 1.807) is 0 Å². The molecule has 1 fully saturated rings. The number of hydrogen-bond acceptors (Lipinski definition) is 1. The molecule has 0 atom stereocenters. The van der Waals surface area contributed by atoms with E-state index in [-0.39, 0.29) is 6.67 Å². The SMILES string of the molecule is NC(=NCCCF)C1CC1. The van der Waals surface area contributed by atoms with Crippen molar-refractivity contribution in [2.45, 2.75) is 19.3 Å². The quantitative estimate of drug-likeness (QED) is 0.358. The van der Waals surface area contributed by atoms with E-state index in [0.29, 0.717) is 18.9 Å². The topological polar surface area (TPSA) is 38.4 Å². The Balaban J connectivity index is 2.11. The van der Waals surface area contributed by atoms with Crippen LogP contribution in [0.2, 0.25) is 0 Å². The van der Waals surface area contributed by atoms with Crippen molar-refractivity contribution < 1.29 is 4.39 Å². The molecule has 0 heterocycles. The minimum Gasteiger partial charge on any atom is -0.387 e. The van der Waals surface area contributed by atoms with Crippen LogP contribution in [0.1, 0.15) is 19.3 Å². The molecule has 2 N–H and O–H groups in total. The number of halogens is 1. The highest BCUT2D eigenvalue weighted by atomic mass is 19.1. The molecule has 1 aliphatic carbocycles. The maximum Gasteiger partial charge on any atom is 0.0968 e. The van der Waals surface area contributed by atoms with Crippen molar-refractivity contribution >= 4 is 5.84 Å². The number of nitrogens with zero attached hydrogens (tertiary/aromatic N) is 1. The fourth-order valence-electron chi connectivity index (χ4n) is 0.776. The zero-order chi connectivity index (χ0) is 7.40. The third-order valence-electron chi connectivity index (χ3n) is 1.58. The molecule has 0 aromatic carbocycles. The van der Waals surface area contributed by atoms with Crippen LogP contribution in [0, 0.1) is 5.92 Å². The Morgan fingerprint density at radius 3 is 2.80 bits per heavy atom. The molecule has 2 nitrogen and oxygen atoms in total. The van der Waals surface area contributed by atoms with Crippen LogP contribution in [-0.4, -0.2) is 19.1 Å². The van der Waals surface area contributed by atoms with E-state index in [2.05, 4.69) is 4.99 Å². The molecule has 0 spiro atoms. The van der Waals surface area contributed by atoms with Crippen molar-refractivity contribution in [2.24, 2.45) is 16.6 Å². The Bertz CT molecular complexity index is 130. The van der Waals surface area contributed by atoms with E-state index in [0.717, 1.165) is 5.84 Å². The lowest BCUT2D eigenvalue weighted by Gasteiger charge is -1.94. The van der Waals surface area contributed by atoms with Crippen LogP contribution >= 0.6 is 0 Å². The van der Waals surface area contributed by atoms with Crippen LogP contribution in [0.3, 0.4) is 0 Å². The average Bonchev–Trinajstić information content (AvgIpc) is 2.69. The van der Waals surface area contributed by atoms with Crippen LogP contribution in [0.5, 0.6) is 0 Å². The molecule has 0 aromatic heterocycles. The second-order valence-corrected chi connectivity index (χ2v) is 2.62. The summed E-state index contributed by atoms with van der Waals surface area (Å²) in [6.07, 6.45) is 2.85. The van der Waals surface area contributed by atoms with Crippen LogP contribution < -0.4 is 5.73 Å². The summed E-state index contributed by atoms with van der Waals surface area (Å²) in [5, 5.41) is 0. The third kappa shape index (κ3) is 2.33. The van der Waals surface area contributed by atoms with E-state index in [1.807, 2.05) is 0 Å². The summed E-state index contributed by atoms with van der Waals surface area (Å²) in [5.41, 5.74) is 5.55. The first kappa shape index (κ1) is 7.51. The minimum atomic E-state index is -0.290. The normalized spacial score (nSPS) is 19.5. The summed E-state index contributed by atoms with van der Waals surface area (Å²) in [6.45, 7) is 0.264. The molecule has 3 heteroatoms.